The number of nitrogens with zero attached hydrogens (tertiary/aromatic N) is 1. The van der Waals surface area contributed by atoms with E-state index in [-0.39, 0.29) is 24.0 Å². The highest BCUT2D eigenvalue weighted by Gasteiger charge is 2.20. The second-order valence-electron chi connectivity index (χ2n) is 16.9. The van der Waals surface area contributed by atoms with E-state index in [9.17, 15) is 14.7 Å². The van der Waals surface area contributed by atoms with Gasteiger partial charge in [0.2, 0.25) is 0 Å². The van der Waals surface area contributed by atoms with E-state index in [0.717, 1.165) is 83.8 Å². The number of hydrogen-bond donors (Lipinski definition) is 1. The molecule has 0 spiro atoms. The van der Waals surface area contributed by atoms with Crippen molar-refractivity contribution in [2.24, 2.45) is 11.3 Å². The Labute approximate surface area is 324 Å². The highest BCUT2D eigenvalue weighted by Crippen LogP contribution is 2.25. The Bertz CT molecular complexity index is 756. The molecule has 1 N–H and O–H groups in total. The summed E-state index contributed by atoms with van der Waals surface area (Å²) in [6.45, 7) is 15.3. The van der Waals surface area contributed by atoms with Gasteiger partial charge in [-0.05, 0) is 69.4 Å². The van der Waals surface area contributed by atoms with Crippen LogP contribution in [0.2, 0.25) is 0 Å². The van der Waals surface area contributed by atoms with Crippen molar-refractivity contribution in [1.82, 2.24) is 4.90 Å². The second-order valence-corrected chi connectivity index (χ2v) is 16.9. The average molecular weight is 738 g/mol. The molecule has 0 amide bonds. The third-order valence-electron chi connectivity index (χ3n) is 10.9. The molecule has 0 saturated carbocycles. The fourth-order valence-corrected chi connectivity index (χ4v) is 7.22. The number of esters is 2. The van der Waals surface area contributed by atoms with Crippen LogP contribution >= 0.6 is 0 Å². The monoisotopic (exact) mass is 738 g/mol. The summed E-state index contributed by atoms with van der Waals surface area (Å²) < 4.78 is 11.5. The zero-order chi connectivity index (χ0) is 38.4. The molecular formula is C46H91NO5. The molecule has 52 heavy (non-hydrogen) atoms. The molecule has 0 heterocycles. The normalized spacial score (nSPS) is 11.9. The number of hydrogen-bond acceptors (Lipinski definition) is 6. The molecule has 0 aliphatic rings. The van der Waals surface area contributed by atoms with Crippen molar-refractivity contribution in [3.8, 4) is 0 Å². The summed E-state index contributed by atoms with van der Waals surface area (Å²) in [5.74, 6) is 0.476. The Morgan fingerprint density at radius 1 is 0.519 bits per heavy atom. The summed E-state index contributed by atoms with van der Waals surface area (Å²) in [7, 11) is 0. The quantitative estimate of drug-likeness (QED) is 0.0497. The number of carbonyl (C=O) groups excluding carboxylic acids is 2. The zero-order valence-electron chi connectivity index (χ0n) is 35.8. The van der Waals surface area contributed by atoms with Gasteiger partial charge in [-0.3, -0.25) is 9.59 Å². The van der Waals surface area contributed by atoms with Gasteiger partial charge in [-0.15, -0.1) is 0 Å². The summed E-state index contributed by atoms with van der Waals surface area (Å²) in [5.41, 5.74) is 0.00975. The van der Waals surface area contributed by atoms with Gasteiger partial charge in [0.25, 0.3) is 0 Å². The van der Waals surface area contributed by atoms with Gasteiger partial charge in [-0.1, -0.05) is 176 Å². The van der Waals surface area contributed by atoms with Gasteiger partial charge < -0.3 is 19.5 Å². The molecule has 0 rings (SSSR count). The van der Waals surface area contributed by atoms with Crippen LogP contribution in [-0.4, -0.2) is 61.4 Å². The predicted octanol–water partition coefficient (Wildman–Crippen LogP) is 13.2. The topological polar surface area (TPSA) is 76.1 Å². The Kier molecular flexibility index (Phi) is 37.3. The molecule has 0 fully saturated rings. The fourth-order valence-electron chi connectivity index (χ4n) is 7.22. The lowest BCUT2D eigenvalue weighted by Crippen LogP contribution is -2.29. The van der Waals surface area contributed by atoms with Crippen molar-refractivity contribution in [2.75, 3.05) is 39.5 Å². The SMILES string of the molecule is CCCCCCCCCC(=O)OCC(C)(C)CCCCCN(CCO)CCCCCCC(=O)OCC(CCCCCCCC)CCCCCCCC. The average Bonchev–Trinajstić information content (AvgIpc) is 3.13. The van der Waals surface area contributed by atoms with Gasteiger partial charge in [-0.2, -0.15) is 0 Å². The van der Waals surface area contributed by atoms with Crippen LogP contribution in [0.5, 0.6) is 0 Å². The molecular weight excluding hydrogens is 647 g/mol. The van der Waals surface area contributed by atoms with Gasteiger partial charge in [0.05, 0.1) is 19.8 Å². The van der Waals surface area contributed by atoms with Crippen LogP contribution in [0.15, 0.2) is 0 Å². The lowest BCUT2D eigenvalue weighted by Gasteiger charge is -2.25. The first kappa shape index (κ1) is 50.9. The summed E-state index contributed by atoms with van der Waals surface area (Å²) >= 11 is 0. The number of ether oxygens (including phenoxy) is 2. The molecule has 0 atom stereocenters. The molecule has 0 aromatic carbocycles. The Hall–Kier alpha value is -1.14. The molecule has 0 aliphatic carbocycles. The van der Waals surface area contributed by atoms with Crippen LogP contribution in [0.4, 0.5) is 0 Å². The smallest absolute Gasteiger partial charge is 0.305 e. The van der Waals surface area contributed by atoms with E-state index < -0.39 is 0 Å². The van der Waals surface area contributed by atoms with Crippen LogP contribution in [0, 0.1) is 11.3 Å². The van der Waals surface area contributed by atoms with E-state index in [2.05, 4.69) is 39.5 Å². The van der Waals surface area contributed by atoms with Crippen molar-refractivity contribution in [2.45, 2.75) is 234 Å². The molecule has 0 aromatic rings. The van der Waals surface area contributed by atoms with Gasteiger partial charge >= 0.3 is 11.9 Å². The highest BCUT2D eigenvalue weighted by atomic mass is 16.5. The maximum atomic E-state index is 12.6. The molecule has 0 radical (unpaired) electrons. The molecule has 0 unspecified atom stereocenters. The van der Waals surface area contributed by atoms with Gasteiger partial charge in [0.15, 0.2) is 0 Å². The number of unbranched alkanes of at least 4 members (excludes halogenated alkanes) is 21. The van der Waals surface area contributed by atoms with Crippen LogP contribution in [0.1, 0.15) is 234 Å². The van der Waals surface area contributed by atoms with Crippen LogP contribution < -0.4 is 0 Å². The third-order valence-corrected chi connectivity index (χ3v) is 10.9. The first-order valence-electron chi connectivity index (χ1n) is 22.9. The van der Waals surface area contributed by atoms with E-state index in [1.165, 1.54) is 122 Å². The first-order chi connectivity index (χ1) is 25.3. The molecule has 0 aliphatic heterocycles. The largest absolute Gasteiger partial charge is 0.465 e. The van der Waals surface area contributed by atoms with Crippen molar-refractivity contribution < 1.29 is 24.2 Å². The van der Waals surface area contributed by atoms with E-state index in [4.69, 9.17) is 9.47 Å². The minimum absolute atomic E-state index is 0.00975. The Balaban J connectivity index is 4.11. The van der Waals surface area contributed by atoms with Crippen molar-refractivity contribution >= 4 is 11.9 Å². The minimum Gasteiger partial charge on any atom is -0.465 e. The van der Waals surface area contributed by atoms with E-state index in [1.54, 1.807) is 0 Å². The molecule has 0 bridgehead atoms. The van der Waals surface area contributed by atoms with Gasteiger partial charge in [0, 0.05) is 19.4 Å². The van der Waals surface area contributed by atoms with E-state index in [0.29, 0.717) is 32.0 Å². The molecule has 310 valence electrons. The Morgan fingerprint density at radius 2 is 0.923 bits per heavy atom. The summed E-state index contributed by atoms with van der Waals surface area (Å²) in [5, 5.41) is 9.60. The maximum absolute atomic E-state index is 12.6. The fraction of sp³-hybridized carbons (Fsp3) is 0.957. The van der Waals surface area contributed by atoms with Gasteiger partial charge in [-0.25, -0.2) is 0 Å². The van der Waals surface area contributed by atoms with Crippen molar-refractivity contribution in [1.29, 1.82) is 0 Å². The summed E-state index contributed by atoms with van der Waals surface area (Å²) in [4.78, 5) is 27.2. The molecule has 0 aromatic heterocycles. The van der Waals surface area contributed by atoms with Crippen molar-refractivity contribution in [3.05, 3.63) is 0 Å². The zero-order valence-corrected chi connectivity index (χ0v) is 35.8. The summed E-state index contributed by atoms with van der Waals surface area (Å²) in [6.07, 6.45) is 36.5. The van der Waals surface area contributed by atoms with Gasteiger partial charge in [0.1, 0.15) is 0 Å². The number of aliphatic hydroxyl groups is 1. The standard InChI is InChI=1S/C46H91NO5/c1-6-9-12-15-18-21-27-35-45(50)52-42-46(4,5)36-29-24-31-38-47(39-40-48)37-30-23-22-28-34-44(49)51-41-43(32-25-19-16-13-10-7-2)33-26-20-17-14-11-8-3/h43,48H,6-42H2,1-5H3. The number of carbonyl (C=O) groups is 2. The van der Waals surface area contributed by atoms with Crippen LogP contribution in [-0.2, 0) is 19.1 Å². The third kappa shape index (κ3) is 35.9. The first-order valence-corrected chi connectivity index (χ1v) is 22.9. The molecule has 6 nitrogen and oxygen atoms in total. The minimum atomic E-state index is -0.0393. The molecule has 6 heteroatoms. The number of rotatable bonds is 41. The van der Waals surface area contributed by atoms with Crippen LogP contribution in [0.3, 0.4) is 0 Å². The second kappa shape index (κ2) is 38.1. The maximum Gasteiger partial charge on any atom is 0.305 e. The van der Waals surface area contributed by atoms with E-state index in [1.807, 2.05) is 0 Å². The Morgan fingerprint density at radius 3 is 1.40 bits per heavy atom. The molecule has 0 saturated heterocycles. The lowest BCUT2D eigenvalue weighted by molar-refractivity contribution is -0.147. The summed E-state index contributed by atoms with van der Waals surface area (Å²) in [6, 6.07) is 0. The van der Waals surface area contributed by atoms with Crippen molar-refractivity contribution in [3.63, 3.8) is 0 Å². The lowest BCUT2D eigenvalue weighted by atomic mass is 9.88. The van der Waals surface area contributed by atoms with Crippen LogP contribution in [0.25, 0.3) is 0 Å². The van der Waals surface area contributed by atoms with E-state index >= 15 is 0 Å². The number of aliphatic hydroxyl groups excluding tert-OH is 1. The highest BCUT2D eigenvalue weighted by molar-refractivity contribution is 5.69. The predicted molar refractivity (Wildman–Crippen MR) is 223 cm³/mol.